The van der Waals surface area contributed by atoms with Crippen LogP contribution in [0, 0.1) is 5.92 Å². The first-order chi connectivity index (χ1) is 11.7. The third-order valence-corrected chi connectivity index (χ3v) is 3.95. The van der Waals surface area contributed by atoms with Crippen LogP contribution in [0.25, 0.3) is 0 Å². The van der Waals surface area contributed by atoms with Gasteiger partial charge in [0.1, 0.15) is 12.2 Å². The van der Waals surface area contributed by atoms with E-state index in [4.69, 9.17) is 9.47 Å². The van der Waals surface area contributed by atoms with Crippen molar-refractivity contribution in [3.05, 3.63) is 35.9 Å². The second-order valence-corrected chi connectivity index (χ2v) is 7.57. The Bertz CT molecular complexity index is 583. The molecular weight excluding hydrogens is 320 g/mol. The minimum Gasteiger partial charge on any atom is -0.445 e. The van der Waals surface area contributed by atoms with Crippen LogP contribution >= 0.6 is 0 Å². The summed E-state index contributed by atoms with van der Waals surface area (Å²) < 4.78 is 10.7. The number of hydrogen-bond acceptors (Lipinski definition) is 4. The molecule has 0 radical (unpaired) electrons. The summed E-state index contributed by atoms with van der Waals surface area (Å²) in [6.07, 6.45) is 0.0203. The Kier molecular flexibility index (Phi) is 6.28. The molecule has 6 heteroatoms. The minimum atomic E-state index is -0.532. The first-order valence-corrected chi connectivity index (χ1v) is 8.69. The highest BCUT2D eigenvalue weighted by molar-refractivity contribution is 5.70. The fraction of sp³-hybridized carbons (Fsp3) is 0.579. The highest BCUT2D eigenvalue weighted by Crippen LogP contribution is 2.24. The molecule has 138 valence electrons. The van der Waals surface area contributed by atoms with Gasteiger partial charge in [0.2, 0.25) is 0 Å². The van der Waals surface area contributed by atoms with Crippen LogP contribution in [0.2, 0.25) is 0 Å². The number of benzene rings is 1. The molecule has 1 N–H and O–H groups in total. The summed E-state index contributed by atoms with van der Waals surface area (Å²) in [6.45, 7) is 8.85. The van der Waals surface area contributed by atoms with Crippen molar-refractivity contribution in [3.8, 4) is 0 Å². The molecule has 25 heavy (non-hydrogen) atoms. The maximum atomic E-state index is 12.3. The molecule has 1 fully saturated rings. The zero-order valence-electron chi connectivity index (χ0n) is 15.5. The van der Waals surface area contributed by atoms with Crippen molar-refractivity contribution in [2.45, 2.75) is 52.4 Å². The number of ether oxygens (including phenoxy) is 2. The van der Waals surface area contributed by atoms with Gasteiger partial charge in [-0.2, -0.15) is 0 Å². The fourth-order valence-corrected chi connectivity index (χ4v) is 2.86. The van der Waals surface area contributed by atoms with Gasteiger partial charge in [0.25, 0.3) is 0 Å². The van der Waals surface area contributed by atoms with Crippen LogP contribution in [0.1, 0.15) is 39.7 Å². The van der Waals surface area contributed by atoms with Crippen molar-refractivity contribution in [1.82, 2.24) is 10.2 Å². The number of carbonyl (C=O) groups excluding carboxylic acids is 2. The maximum Gasteiger partial charge on any atom is 0.410 e. The number of likely N-dealkylation sites (tertiary alicyclic amines) is 1. The average molecular weight is 348 g/mol. The molecule has 0 aromatic heterocycles. The van der Waals surface area contributed by atoms with Gasteiger partial charge < -0.3 is 19.7 Å². The van der Waals surface area contributed by atoms with Gasteiger partial charge in [0, 0.05) is 13.1 Å². The van der Waals surface area contributed by atoms with Gasteiger partial charge in [-0.3, -0.25) is 0 Å². The maximum absolute atomic E-state index is 12.3. The van der Waals surface area contributed by atoms with Crippen molar-refractivity contribution >= 4 is 12.2 Å². The van der Waals surface area contributed by atoms with E-state index in [1.807, 2.05) is 51.1 Å². The summed E-state index contributed by atoms with van der Waals surface area (Å²) in [5.41, 5.74) is 0.401. The number of rotatable bonds is 4. The zero-order chi connectivity index (χ0) is 18.4. The Hall–Kier alpha value is -2.24. The van der Waals surface area contributed by atoms with Crippen LogP contribution < -0.4 is 5.32 Å². The first-order valence-electron chi connectivity index (χ1n) is 8.69. The first kappa shape index (κ1) is 19.1. The van der Waals surface area contributed by atoms with Crippen molar-refractivity contribution < 1.29 is 19.1 Å². The van der Waals surface area contributed by atoms with Crippen molar-refractivity contribution in [2.75, 3.05) is 13.1 Å². The van der Waals surface area contributed by atoms with E-state index < -0.39 is 11.7 Å². The smallest absolute Gasteiger partial charge is 0.410 e. The molecule has 2 amide bonds. The number of carbonyl (C=O) groups is 2. The summed E-state index contributed by atoms with van der Waals surface area (Å²) in [5, 5.41) is 2.75. The number of nitrogens with zero attached hydrogens (tertiary/aromatic N) is 1. The minimum absolute atomic E-state index is 0.0749. The molecule has 0 unspecified atom stereocenters. The number of alkyl carbamates (subject to hydrolysis) is 1. The average Bonchev–Trinajstić information content (AvgIpc) is 2.91. The van der Waals surface area contributed by atoms with E-state index in [2.05, 4.69) is 12.2 Å². The number of amides is 2. The van der Waals surface area contributed by atoms with Crippen LogP contribution in [0.15, 0.2) is 30.3 Å². The van der Waals surface area contributed by atoms with E-state index in [0.29, 0.717) is 19.0 Å². The molecule has 0 spiro atoms. The van der Waals surface area contributed by atoms with E-state index in [-0.39, 0.29) is 18.7 Å². The lowest BCUT2D eigenvalue weighted by Crippen LogP contribution is -2.45. The van der Waals surface area contributed by atoms with E-state index in [0.717, 1.165) is 12.0 Å². The largest absolute Gasteiger partial charge is 0.445 e. The Labute approximate surface area is 149 Å². The lowest BCUT2D eigenvalue weighted by Gasteiger charge is -2.28. The van der Waals surface area contributed by atoms with Crippen molar-refractivity contribution in [2.24, 2.45) is 5.92 Å². The summed E-state index contributed by atoms with van der Waals surface area (Å²) in [4.78, 5) is 25.9. The Morgan fingerprint density at radius 2 is 1.92 bits per heavy atom. The summed E-state index contributed by atoms with van der Waals surface area (Å²) in [6, 6.07) is 9.43. The van der Waals surface area contributed by atoms with E-state index in [1.165, 1.54) is 0 Å². The number of nitrogens with one attached hydrogen (secondary N) is 1. The molecule has 1 heterocycles. The summed E-state index contributed by atoms with van der Waals surface area (Å²) >= 11 is 0. The van der Waals surface area contributed by atoms with Crippen LogP contribution in [0.3, 0.4) is 0 Å². The van der Waals surface area contributed by atoms with E-state index in [1.54, 1.807) is 4.90 Å². The van der Waals surface area contributed by atoms with E-state index in [9.17, 15) is 9.59 Å². The molecule has 1 aliphatic rings. The Balaban J connectivity index is 1.81. The third-order valence-electron chi connectivity index (χ3n) is 3.95. The number of hydrogen-bond donors (Lipinski definition) is 1. The second-order valence-electron chi connectivity index (χ2n) is 7.57. The van der Waals surface area contributed by atoms with Crippen molar-refractivity contribution in [1.29, 1.82) is 0 Å². The van der Waals surface area contributed by atoms with Gasteiger partial charge in [0.15, 0.2) is 0 Å². The molecule has 0 bridgehead atoms. The molecule has 6 nitrogen and oxygen atoms in total. The lowest BCUT2D eigenvalue weighted by molar-refractivity contribution is 0.0220. The van der Waals surface area contributed by atoms with Gasteiger partial charge in [-0.15, -0.1) is 0 Å². The van der Waals surface area contributed by atoms with Gasteiger partial charge in [-0.05, 0) is 38.7 Å². The molecule has 2 rings (SSSR count). The summed E-state index contributed by atoms with van der Waals surface area (Å²) in [7, 11) is 0. The normalized spacial score (nSPS) is 20.2. The van der Waals surface area contributed by atoms with Crippen LogP contribution in [0.5, 0.6) is 0 Å². The molecule has 1 aliphatic heterocycles. The standard InChI is InChI=1S/C19H28N2O4/c1-14-10-16(21(12-14)18(23)25-19(2,3)4)11-20-17(22)24-13-15-8-6-5-7-9-15/h5-9,14,16H,10-13H2,1-4H3,(H,20,22)/t14-,16-/m0/s1. The quantitative estimate of drug-likeness (QED) is 0.903. The third kappa shape index (κ3) is 6.29. The Morgan fingerprint density at radius 3 is 2.56 bits per heavy atom. The topological polar surface area (TPSA) is 67.9 Å². The monoisotopic (exact) mass is 348 g/mol. The summed E-state index contributed by atoms with van der Waals surface area (Å²) in [5.74, 6) is 0.375. The van der Waals surface area contributed by atoms with E-state index >= 15 is 0 Å². The zero-order valence-corrected chi connectivity index (χ0v) is 15.5. The van der Waals surface area contributed by atoms with Crippen LogP contribution in [-0.2, 0) is 16.1 Å². The van der Waals surface area contributed by atoms with Gasteiger partial charge in [-0.25, -0.2) is 9.59 Å². The fourth-order valence-electron chi connectivity index (χ4n) is 2.86. The molecular formula is C19H28N2O4. The molecule has 1 saturated heterocycles. The highest BCUT2D eigenvalue weighted by atomic mass is 16.6. The van der Waals surface area contributed by atoms with Crippen LogP contribution in [-0.4, -0.2) is 41.8 Å². The second kappa shape index (κ2) is 8.23. The molecule has 0 saturated carbocycles. The predicted octanol–water partition coefficient (Wildman–Crippen LogP) is 3.56. The highest BCUT2D eigenvalue weighted by Gasteiger charge is 2.35. The van der Waals surface area contributed by atoms with Gasteiger partial charge in [-0.1, -0.05) is 37.3 Å². The van der Waals surface area contributed by atoms with Gasteiger partial charge >= 0.3 is 12.2 Å². The molecule has 2 atom stereocenters. The lowest BCUT2D eigenvalue weighted by atomic mass is 10.1. The Morgan fingerprint density at radius 1 is 1.24 bits per heavy atom. The molecule has 1 aromatic rings. The predicted molar refractivity (Wildman–Crippen MR) is 95.1 cm³/mol. The van der Waals surface area contributed by atoms with Crippen molar-refractivity contribution in [3.63, 3.8) is 0 Å². The van der Waals surface area contributed by atoms with Gasteiger partial charge in [0.05, 0.1) is 6.04 Å². The molecule has 1 aromatic carbocycles. The SMILES string of the molecule is C[C@H]1C[C@@H](CNC(=O)OCc2ccccc2)N(C(=O)OC(C)(C)C)C1. The van der Waals surface area contributed by atoms with Crippen LogP contribution in [0.4, 0.5) is 9.59 Å². The molecule has 0 aliphatic carbocycles.